The largest absolute Gasteiger partial charge is 0.339 e. The number of hydrogen-bond acceptors (Lipinski definition) is 4. The van der Waals surface area contributed by atoms with E-state index in [0.29, 0.717) is 13.1 Å². The number of carbonyl (C=O) groups is 2. The summed E-state index contributed by atoms with van der Waals surface area (Å²) in [5, 5.41) is 7.16. The van der Waals surface area contributed by atoms with E-state index in [1.54, 1.807) is 35.1 Å². The molecule has 1 aliphatic rings. The predicted molar refractivity (Wildman–Crippen MR) is 69.3 cm³/mol. The van der Waals surface area contributed by atoms with Gasteiger partial charge in [-0.25, -0.2) is 0 Å². The molecule has 1 N–H and O–H groups in total. The first kappa shape index (κ1) is 13.5. The number of likely N-dealkylation sites (N-methyl/N-ethyl adjacent to an activating group) is 1. The van der Waals surface area contributed by atoms with Crippen molar-refractivity contribution in [3.63, 3.8) is 0 Å². The lowest BCUT2D eigenvalue weighted by molar-refractivity contribution is -0.140. The number of carbonyl (C=O) groups excluding carboxylic acids is 2. The van der Waals surface area contributed by atoms with Crippen LogP contribution in [0.5, 0.6) is 0 Å². The summed E-state index contributed by atoms with van der Waals surface area (Å²) in [5.74, 6) is -0.120. The molecule has 0 unspecified atom stereocenters. The molecular formula is C12H19N5O2. The van der Waals surface area contributed by atoms with E-state index in [-0.39, 0.29) is 24.9 Å². The molecule has 0 bridgehead atoms. The second kappa shape index (κ2) is 6.33. The van der Waals surface area contributed by atoms with E-state index in [4.69, 9.17) is 0 Å². The van der Waals surface area contributed by atoms with Gasteiger partial charge in [0.05, 0.1) is 6.54 Å². The summed E-state index contributed by atoms with van der Waals surface area (Å²) >= 11 is 0. The van der Waals surface area contributed by atoms with E-state index in [0.717, 1.165) is 13.1 Å². The van der Waals surface area contributed by atoms with Crippen molar-refractivity contribution < 1.29 is 9.59 Å². The minimum atomic E-state index is -0.118. The van der Waals surface area contributed by atoms with Crippen LogP contribution >= 0.6 is 0 Å². The van der Waals surface area contributed by atoms with Gasteiger partial charge in [0.15, 0.2) is 0 Å². The summed E-state index contributed by atoms with van der Waals surface area (Å²) in [5.41, 5.74) is 0. The fourth-order valence-corrected chi connectivity index (χ4v) is 1.96. The Labute approximate surface area is 112 Å². The van der Waals surface area contributed by atoms with Gasteiger partial charge in [-0.05, 0) is 6.07 Å². The van der Waals surface area contributed by atoms with Gasteiger partial charge >= 0.3 is 0 Å². The zero-order valence-corrected chi connectivity index (χ0v) is 11.1. The number of nitrogens with one attached hydrogen (secondary N) is 1. The van der Waals surface area contributed by atoms with Crippen LogP contribution < -0.4 is 5.32 Å². The van der Waals surface area contributed by atoms with Gasteiger partial charge in [0, 0.05) is 45.6 Å². The van der Waals surface area contributed by atoms with E-state index in [9.17, 15) is 9.59 Å². The van der Waals surface area contributed by atoms with Gasteiger partial charge in [-0.2, -0.15) is 5.10 Å². The highest BCUT2D eigenvalue weighted by atomic mass is 16.2. The Bertz CT molecular complexity index is 425. The number of aromatic nitrogens is 2. The van der Waals surface area contributed by atoms with Crippen LogP contribution in [-0.2, 0) is 16.1 Å². The molecule has 0 saturated carbocycles. The molecule has 0 atom stereocenters. The molecule has 1 aromatic heterocycles. The Kier molecular flexibility index (Phi) is 4.51. The van der Waals surface area contributed by atoms with Gasteiger partial charge in [0.25, 0.3) is 0 Å². The number of hydrogen-bond donors (Lipinski definition) is 1. The van der Waals surface area contributed by atoms with Crippen molar-refractivity contribution >= 4 is 11.8 Å². The minimum absolute atomic E-state index is 0.00202. The highest BCUT2D eigenvalue weighted by Gasteiger charge is 2.19. The van der Waals surface area contributed by atoms with Crippen molar-refractivity contribution in [2.45, 2.75) is 6.54 Å². The molecule has 0 aromatic carbocycles. The highest BCUT2D eigenvalue weighted by Crippen LogP contribution is 1.97. The van der Waals surface area contributed by atoms with Crippen LogP contribution in [0.4, 0.5) is 0 Å². The molecule has 1 saturated heterocycles. The van der Waals surface area contributed by atoms with E-state index < -0.39 is 0 Å². The van der Waals surface area contributed by atoms with Crippen LogP contribution in [0.3, 0.4) is 0 Å². The molecule has 1 aromatic rings. The van der Waals surface area contributed by atoms with E-state index in [1.807, 2.05) is 0 Å². The van der Waals surface area contributed by atoms with Crippen molar-refractivity contribution in [3.05, 3.63) is 18.5 Å². The minimum Gasteiger partial charge on any atom is -0.339 e. The Morgan fingerprint density at radius 2 is 2.11 bits per heavy atom. The molecule has 0 spiro atoms. The number of piperazine rings is 1. The third kappa shape index (κ3) is 3.78. The topological polar surface area (TPSA) is 70.5 Å². The lowest BCUT2D eigenvalue weighted by Gasteiger charge is -2.29. The maximum absolute atomic E-state index is 12.0. The Hall–Kier alpha value is -1.89. The number of rotatable bonds is 4. The molecule has 1 fully saturated rings. The SMILES string of the molecule is CN(CC(=O)N1CCNCC1)C(=O)Cn1cccn1. The third-order valence-electron chi connectivity index (χ3n) is 3.12. The van der Waals surface area contributed by atoms with Gasteiger partial charge in [-0.3, -0.25) is 14.3 Å². The first-order valence-corrected chi connectivity index (χ1v) is 6.36. The average Bonchev–Trinajstić information content (AvgIpc) is 2.92. The average molecular weight is 265 g/mol. The van der Waals surface area contributed by atoms with Crippen LogP contribution in [0.25, 0.3) is 0 Å². The summed E-state index contributed by atoms with van der Waals surface area (Å²) in [6, 6.07) is 1.76. The molecule has 0 aliphatic carbocycles. The summed E-state index contributed by atoms with van der Waals surface area (Å²) in [4.78, 5) is 27.1. The van der Waals surface area contributed by atoms with E-state index >= 15 is 0 Å². The summed E-state index contributed by atoms with van der Waals surface area (Å²) in [6.07, 6.45) is 3.35. The van der Waals surface area contributed by atoms with Crippen molar-refractivity contribution in [1.29, 1.82) is 0 Å². The maximum atomic E-state index is 12.0. The van der Waals surface area contributed by atoms with Crippen molar-refractivity contribution in [3.8, 4) is 0 Å². The lowest BCUT2D eigenvalue weighted by atomic mass is 10.3. The Morgan fingerprint density at radius 1 is 1.37 bits per heavy atom. The third-order valence-corrected chi connectivity index (χ3v) is 3.12. The normalized spacial score (nSPS) is 15.3. The van der Waals surface area contributed by atoms with Crippen molar-refractivity contribution in [1.82, 2.24) is 24.9 Å². The quantitative estimate of drug-likeness (QED) is 0.740. The molecule has 2 rings (SSSR count). The lowest BCUT2D eigenvalue weighted by Crippen LogP contribution is -2.50. The molecule has 1 aliphatic heterocycles. The molecule has 2 amide bonds. The Morgan fingerprint density at radius 3 is 2.74 bits per heavy atom. The van der Waals surface area contributed by atoms with E-state index in [1.165, 1.54) is 4.90 Å². The monoisotopic (exact) mass is 265 g/mol. The van der Waals surface area contributed by atoms with Gasteiger partial charge in [-0.1, -0.05) is 0 Å². The fourth-order valence-electron chi connectivity index (χ4n) is 1.96. The van der Waals surface area contributed by atoms with Gasteiger partial charge < -0.3 is 15.1 Å². The second-order valence-electron chi connectivity index (χ2n) is 4.58. The van der Waals surface area contributed by atoms with Crippen LogP contribution in [-0.4, -0.2) is 71.2 Å². The maximum Gasteiger partial charge on any atom is 0.244 e. The zero-order valence-electron chi connectivity index (χ0n) is 11.1. The van der Waals surface area contributed by atoms with Crippen LogP contribution in [0.2, 0.25) is 0 Å². The van der Waals surface area contributed by atoms with Crippen LogP contribution in [0, 0.1) is 0 Å². The molecular weight excluding hydrogens is 246 g/mol. The number of nitrogens with zero attached hydrogens (tertiary/aromatic N) is 4. The van der Waals surface area contributed by atoms with Crippen LogP contribution in [0.1, 0.15) is 0 Å². The van der Waals surface area contributed by atoms with Gasteiger partial charge in [0.2, 0.25) is 11.8 Å². The number of amides is 2. The van der Waals surface area contributed by atoms with Gasteiger partial charge in [0.1, 0.15) is 6.54 Å². The fraction of sp³-hybridized carbons (Fsp3) is 0.583. The van der Waals surface area contributed by atoms with Gasteiger partial charge in [-0.15, -0.1) is 0 Å². The molecule has 2 heterocycles. The second-order valence-corrected chi connectivity index (χ2v) is 4.58. The Balaban J connectivity index is 1.80. The zero-order chi connectivity index (χ0) is 13.7. The van der Waals surface area contributed by atoms with Crippen molar-refractivity contribution in [2.24, 2.45) is 0 Å². The van der Waals surface area contributed by atoms with Crippen LogP contribution in [0.15, 0.2) is 18.5 Å². The standard InChI is InChI=1S/C12H19N5O2/c1-15(11(18)10-17-6-2-3-14-17)9-12(19)16-7-4-13-5-8-16/h2-3,6,13H,4-5,7-10H2,1H3. The summed E-state index contributed by atoms with van der Waals surface area (Å²) < 4.78 is 1.55. The molecule has 104 valence electrons. The van der Waals surface area contributed by atoms with Crippen molar-refractivity contribution in [2.75, 3.05) is 39.8 Å². The summed E-state index contributed by atoms with van der Waals surface area (Å²) in [7, 11) is 1.64. The molecule has 19 heavy (non-hydrogen) atoms. The summed E-state index contributed by atoms with van der Waals surface area (Å²) in [6.45, 7) is 3.34. The highest BCUT2D eigenvalue weighted by molar-refractivity contribution is 5.84. The molecule has 7 nitrogen and oxygen atoms in total. The molecule has 0 radical (unpaired) electrons. The van der Waals surface area contributed by atoms with E-state index in [2.05, 4.69) is 10.4 Å². The molecule has 7 heteroatoms. The predicted octanol–water partition coefficient (Wildman–Crippen LogP) is -1.23. The first-order chi connectivity index (χ1) is 9.16. The smallest absolute Gasteiger partial charge is 0.244 e. The first-order valence-electron chi connectivity index (χ1n) is 6.36.